The van der Waals surface area contributed by atoms with Crippen LogP contribution in [-0.4, -0.2) is 35.8 Å². The Bertz CT molecular complexity index is 1190. The zero-order chi connectivity index (χ0) is 21.1. The molecule has 2 heterocycles. The minimum absolute atomic E-state index is 0.605. The van der Waals surface area contributed by atoms with Crippen LogP contribution in [0.3, 0.4) is 0 Å². The van der Waals surface area contributed by atoms with Gasteiger partial charge in [-0.3, -0.25) is 0 Å². The van der Waals surface area contributed by atoms with E-state index in [1.807, 2.05) is 55.6 Å². The zero-order valence-corrected chi connectivity index (χ0v) is 17.7. The van der Waals surface area contributed by atoms with Crippen LogP contribution in [0.25, 0.3) is 11.0 Å². The molecule has 0 aliphatic heterocycles. The van der Waals surface area contributed by atoms with Crippen molar-refractivity contribution in [2.75, 3.05) is 31.9 Å². The molecule has 0 spiro atoms. The number of hydrogen-bond acceptors (Lipinski definition) is 6. The Morgan fingerprint density at radius 2 is 1.87 bits per heavy atom. The molecule has 0 amide bonds. The third-order valence-electron chi connectivity index (χ3n) is 4.74. The van der Waals surface area contributed by atoms with E-state index in [0.29, 0.717) is 28.9 Å². The molecule has 2 N–H and O–H groups in total. The van der Waals surface area contributed by atoms with E-state index in [-0.39, 0.29) is 0 Å². The first-order valence-corrected chi connectivity index (χ1v) is 9.76. The van der Waals surface area contributed by atoms with Gasteiger partial charge in [-0.05, 0) is 35.9 Å². The monoisotopic (exact) mass is 423 g/mol. The molecule has 0 atom stereocenters. The third-order valence-corrected chi connectivity index (χ3v) is 4.98. The summed E-state index contributed by atoms with van der Waals surface area (Å²) in [5.74, 6) is 2.85. The topological polar surface area (TPSA) is 73.2 Å². The second-order valence-electron chi connectivity index (χ2n) is 6.65. The number of benzene rings is 2. The first-order chi connectivity index (χ1) is 14.6. The van der Waals surface area contributed by atoms with Gasteiger partial charge in [0.1, 0.15) is 11.3 Å². The number of nitrogens with zero attached hydrogens (tertiary/aromatic N) is 3. The Morgan fingerprint density at radius 3 is 2.60 bits per heavy atom. The van der Waals surface area contributed by atoms with E-state index in [2.05, 4.69) is 25.2 Å². The second-order valence-corrected chi connectivity index (χ2v) is 7.09. The van der Waals surface area contributed by atoms with Crippen LogP contribution in [0.1, 0.15) is 5.56 Å². The summed E-state index contributed by atoms with van der Waals surface area (Å²) in [5.41, 5.74) is 3.68. The molecule has 0 radical (unpaired) electrons. The van der Waals surface area contributed by atoms with Gasteiger partial charge >= 0.3 is 0 Å². The standard InChI is InChI=1S/C22H22ClN5O2/c1-24-22-27-17-12-25-21(26-16-6-4-5-15(23)10-16)11-18(17)28(22)13-14-7-8-19(29-2)20(9-14)30-3/h4-12H,13H2,1-3H3,(H,24,27)(H,25,26). The maximum atomic E-state index is 6.09. The molecule has 0 aliphatic carbocycles. The fourth-order valence-corrected chi connectivity index (χ4v) is 3.51. The second kappa shape index (κ2) is 8.51. The summed E-state index contributed by atoms with van der Waals surface area (Å²) >= 11 is 6.09. The van der Waals surface area contributed by atoms with Crippen LogP contribution >= 0.6 is 11.6 Å². The van der Waals surface area contributed by atoms with Crippen LogP contribution in [0.15, 0.2) is 54.7 Å². The van der Waals surface area contributed by atoms with Crippen LogP contribution in [0.2, 0.25) is 5.02 Å². The summed E-state index contributed by atoms with van der Waals surface area (Å²) in [5, 5.41) is 7.12. The van der Waals surface area contributed by atoms with E-state index in [9.17, 15) is 0 Å². The number of rotatable bonds is 7. The van der Waals surface area contributed by atoms with Crippen molar-refractivity contribution in [2.45, 2.75) is 6.54 Å². The minimum Gasteiger partial charge on any atom is -0.493 e. The maximum Gasteiger partial charge on any atom is 0.203 e. The molecule has 0 aliphatic rings. The van der Waals surface area contributed by atoms with Gasteiger partial charge in [-0.2, -0.15) is 0 Å². The lowest BCUT2D eigenvalue weighted by Gasteiger charge is -2.12. The largest absolute Gasteiger partial charge is 0.493 e. The number of aromatic nitrogens is 3. The lowest BCUT2D eigenvalue weighted by atomic mass is 10.2. The first kappa shape index (κ1) is 19.8. The van der Waals surface area contributed by atoms with Crippen molar-refractivity contribution in [1.29, 1.82) is 0 Å². The number of nitrogens with one attached hydrogen (secondary N) is 2. The highest BCUT2D eigenvalue weighted by Crippen LogP contribution is 2.30. The highest BCUT2D eigenvalue weighted by atomic mass is 35.5. The molecule has 0 saturated carbocycles. The van der Waals surface area contributed by atoms with Crippen molar-refractivity contribution < 1.29 is 9.47 Å². The van der Waals surface area contributed by atoms with Crippen LogP contribution in [0.5, 0.6) is 11.5 Å². The van der Waals surface area contributed by atoms with Gasteiger partial charge in [-0.1, -0.05) is 23.7 Å². The van der Waals surface area contributed by atoms with E-state index in [4.69, 9.17) is 21.1 Å². The molecule has 0 fully saturated rings. The van der Waals surface area contributed by atoms with Crippen molar-refractivity contribution in [3.8, 4) is 11.5 Å². The first-order valence-electron chi connectivity index (χ1n) is 9.39. The Labute approximate surface area is 179 Å². The number of ether oxygens (including phenoxy) is 2. The Morgan fingerprint density at radius 1 is 1.03 bits per heavy atom. The highest BCUT2D eigenvalue weighted by molar-refractivity contribution is 6.30. The van der Waals surface area contributed by atoms with E-state index < -0.39 is 0 Å². The molecular weight excluding hydrogens is 402 g/mol. The van der Waals surface area contributed by atoms with Gasteiger partial charge in [0.05, 0.1) is 32.5 Å². The summed E-state index contributed by atoms with van der Waals surface area (Å²) in [6.45, 7) is 0.605. The van der Waals surface area contributed by atoms with Crippen LogP contribution < -0.4 is 20.1 Å². The Balaban J connectivity index is 1.71. The molecule has 2 aromatic carbocycles. The third kappa shape index (κ3) is 3.97. The summed E-state index contributed by atoms with van der Waals surface area (Å²) in [4.78, 5) is 9.13. The number of pyridine rings is 1. The smallest absolute Gasteiger partial charge is 0.203 e. The minimum atomic E-state index is 0.605. The van der Waals surface area contributed by atoms with Crippen LogP contribution in [0.4, 0.5) is 17.5 Å². The molecular formula is C22H22ClN5O2. The van der Waals surface area contributed by atoms with Gasteiger partial charge in [-0.25, -0.2) is 9.97 Å². The maximum absolute atomic E-state index is 6.09. The van der Waals surface area contributed by atoms with Gasteiger partial charge in [-0.15, -0.1) is 0 Å². The van der Waals surface area contributed by atoms with Gasteiger partial charge in [0.15, 0.2) is 11.5 Å². The Kier molecular flexibility index (Phi) is 5.63. The molecule has 0 saturated heterocycles. The van der Waals surface area contributed by atoms with E-state index in [0.717, 1.165) is 28.2 Å². The van der Waals surface area contributed by atoms with E-state index in [1.54, 1.807) is 20.4 Å². The van der Waals surface area contributed by atoms with Crippen LogP contribution in [0, 0.1) is 0 Å². The van der Waals surface area contributed by atoms with Crippen molar-refractivity contribution in [3.05, 3.63) is 65.3 Å². The van der Waals surface area contributed by atoms with Gasteiger partial charge < -0.3 is 24.7 Å². The number of imidazole rings is 1. The predicted molar refractivity (Wildman–Crippen MR) is 120 cm³/mol. The summed E-state index contributed by atoms with van der Waals surface area (Å²) < 4.78 is 12.9. The van der Waals surface area contributed by atoms with E-state index >= 15 is 0 Å². The number of anilines is 3. The number of hydrogen-bond donors (Lipinski definition) is 2. The lowest BCUT2D eigenvalue weighted by molar-refractivity contribution is 0.354. The van der Waals surface area contributed by atoms with Crippen molar-refractivity contribution in [2.24, 2.45) is 0 Å². The average molecular weight is 424 g/mol. The van der Waals surface area contributed by atoms with Crippen molar-refractivity contribution in [3.63, 3.8) is 0 Å². The molecule has 7 nitrogen and oxygen atoms in total. The molecule has 154 valence electrons. The SMILES string of the molecule is CNc1nc2cnc(Nc3cccc(Cl)c3)cc2n1Cc1ccc(OC)c(OC)c1. The van der Waals surface area contributed by atoms with Gasteiger partial charge in [0.2, 0.25) is 5.95 Å². The number of methoxy groups -OCH3 is 2. The molecule has 0 bridgehead atoms. The molecule has 30 heavy (non-hydrogen) atoms. The summed E-state index contributed by atoms with van der Waals surface area (Å²) in [6, 6.07) is 15.4. The zero-order valence-electron chi connectivity index (χ0n) is 16.9. The fraction of sp³-hybridized carbons (Fsp3) is 0.182. The van der Waals surface area contributed by atoms with Crippen molar-refractivity contribution >= 4 is 40.1 Å². The lowest BCUT2D eigenvalue weighted by Crippen LogP contribution is -2.05. The molecule has 4 rings (SSSR count). The summed E-state index contributed by atoms with van der Waals surface area (Å²) in [6.07, 6.45) is 1.76. The average Bonchev–Trinajstić information content (AvgIpc) is 3.10. The van der Waals surface area contributed by atoms with Crippen LogP contribution in [-0.2, 0) is 6.54 Å². The molecule has 8 heteroatoms. The normalized spacial score (nSPS) is 10.8. The molecule has 4 aromatic rings. The number of halogens is 1. The Hall–Kier alpha value is -3.45. The summed E-state index contributed by atoms with van der Waals surface area (Å²) in [7, 11) is 5.11. The molecule has 2 aromatic heterocycles. The van der Waals surface area contributed by atoms with Crippen molar-refractivity contribution in [1.82, 2.24) is 14.5 Å². The van der Waals surface area contributed by atoms with E-state index in [1.165, 1.54) is 0 Å². The number of fused-ring (bicyclic) bond motifs is 1. The quantitative estimate of drug-likeness (QED) is 0.439. The molecule has 0 unspecified atom stereocenters. The van der Waals surface area contributed by atoms with Gasteiger partial charge in [0.25, 0.3) is 0 Å². The highest BCUT2D eigenvalue weighted by Gasteiger charge is 2.13. The predicted octanol–water partition coefficient (Wildman–Crippen LogP) is 4.94. The van der Waals surface area contributed by atoms with Gasteiger partial charge in [0, 0.05) is 23.8 Å². The fourth-order valence-electron chi connectivity index (χ4n) is 3.32.